The van der Waals surface area contributed by atoms with E-state index in [0.29, 0.717) is 32.1 Å². The van der Waals surface area contributed by atoms with E-state index in [9.17, 15) is 14.4 Å². The molecule has 0 aromatic rings. The van der Waals surface area contributed by atoms with Crippen molar-refractivity contribution in [3.05, 3.63) is 0 Å². The minimum absolute atomic E-state index is 0.0560. The fraction of sp³-hybridized carbons (Fsp3) is 0.769. The highest BCUT2D eigenvalue weighted by Crippen LogP contribution is 2.35. The summed E-state index contributed by atoms with van der Waals surface area (Å²) >= 11 is 0. The molecule has 1 fully saturated rings. The van der Waals surface area contributed by atoms with Crippen LogP contribution in [0.3, 0.4) is 0 Å². The van der Waals surface area contributed by atoms with Crippen LogP contribution in [0, 0.1) is 5.41 Å². The first-order valence-corrected chi connectivity index (χ1v) is 6.14. The van der Waals surface area contributed by atoms with Crippen molar-refractivity contribution in [1.29, 1.82) is 0 Å². The predicted octanol–water partition coefficient (Wildman–Crippen LogP) is 1.70. The summed E-state index contributed by atoms with van der Waals surface area (Å²) in [4.78, 5) is 35.4. The fourth-order valence-electron chi connectivity index (χ4n) is 2.33. The Kier molecular flexibility index (Phi) is 5.00. The van der Waals surface area contributed by atoms with Gasteiger partial charge >= 0.3 is 0 Å². The standard InChI is InChI=1S/C13H20O4/c1-3-10(14)7-8-13(9-17-2)11(15)5-4-6-12(13)16/h3-9H2,1-2H3. The van der Waals surface area contributed by atoms with Crippen LogP contribution in [0.1, 0.15) is 45.4 Å². The molecule has 0 aromatic heterocycles. The van der Waals surface area contributed by atoms with Gasteiger partial charge in [0.05, 0.1) is 6.61 Å². The van der Waals surface area contributed by atoms with Crippen LogP contribution < -0.4 is 0 Å². The Morgan fingerprint density at radius 2 is 1.88 bits per heavy atom. The molecule has 1 aliphatic carbocycles. The number of rotatable bonds is 6. The quantitative estimate of drug-likeness (QED) is 0.663. The molecule has 1 rings (SSSR count). The zero-order valence-electron chi connectivity index (χ0n) is 10.6. The van der Waals surface area contributed by atoms with Crippen LogP contribution in [-0.4, -0.2) is 31.1 Å². The van der Waals surface area contributed by atoms with Gasteiger partial charge in [-0.15, -0.1) is 0 Å². The molecule has 0 atom stereocenters. The van der Waals surface area contributed by atoms with Crippen LogP contribution >= 0.6 is 0 Å². The minimum atomic E-state index is -1.04. The number of ether oxygens (including phenoxy) is 1. The summed E-state index contributed by atoms with van der Waals surface area (Å²) < 4.78 is 5.04. The maximum absolute atomic E-state index is 12.0. The molecule has 0 unspecified atom stereocenters. The van der Waals surface area contributed by atoms with Gasteiger partial charge < -0.3 is 4.74 Å². The Labute approximate surface area is 102 Å². The van der Waals surface area contributed by atoms with Crippen LogP contribution in [0.4, 0.5) is 0 Å². The van der Waals surface area contributed by atoms with Gasteiger partial charge in [0.25, 0.3) is 0 Å². The van der Waals surface area contributed by atoms with E-state index in [2.05, 4.69) is 0 Å². The maximum Gasteiger partial charge on any atom is 0.148 e. The summed E-state index contributed by atoms with van der Waals surface area (Å²) in [6.45, 7) is 1.90. The van der Waals surface area contributed by atoms with Gasteiger partial charge in [-0.1, -0.05) is 6.92 Å². The highest BCUT2D eigenvalue weighted by Gasteiger charge is 2.46. The van der Waals surface area contributed by atoms with Crippen molar-refractivity contribution in [2.24, 2.45) is 5.41 Å². The monoisotopic (exact) mass is 240 g/mol. The lowest BCUT2D eigenvalue weighted by Crippen LogP contribution is -2.46. The molecule has 0 saturated heterocycles. The maximum atomic E-state index is 12.0. The average Bonchev–Trinajstić information content (AvgIpc) is 2.32. The number of carbonyl (C=O) groups is 3. The Hall–Kier alpha value is -1.03. The SMILES string of the molecule is CCC(=O)CCC1(COC)C(=O)CCCC1=O. The number of hydrogen-bond donors (Lipinski definition) is 0. The molecule has 0 aromatic carbocycles. The smallest absolute Gasteiger partial charge is 0.148 e. The summed E-state index contributed by atoms with van der Waals surface area (Å²) in [5, 5.41) is 0. The summed E-state index contributed by atoms with van der Waals surface area (Å²) in [7, 11) is 1.48. The third-order valence-electron chi connectivity index (χ3n) is 3.49. The van der Waals surface area contributed by atoms with Gasteiger partial charge in [-0.25, -0.2) is 0 Å². The predicted molar refractivity (Wildman–Crippen MR) is 62.7 cm³/mol. The molecule has 0 N–H and O–H groups in total. The van der Waals surface area contributed by atoms with Crippen molar-refractivity contribution < 1.29 is 19.1 Å². The van der Waals surface area contributed by atoms with Crippen LogP contribution in [-0.2, 0) is 19.1 Å². The summed E-state index contributed by atoms with van der Waals surface area (Å²) in [6, 6.07) is 0. The van der Waals surface area contributed by atoms with Crippen LogP contribution in [0.2, 0.25) is 0 Å². The Morgan fingerprint density at radius 1 is 1.29 bits per heavy atom. The molecule has 0 aliphatic heterocycles. The largest absolute Gasteiger partial charge is 0.383 e. The van der Waals surface area contributed by atoms with E-state index in [1.165, 1.54) is 7.11 Å². The highest BCUT2D eigenvalue weighted by atomic mass is 16.5. The molecular weight excluding hydrogens is 220 g/mol. The number of Topliss-reactive ketones (excluding diaryl/α,β-unsaturated/α-hetero) is 3. The van der Waals surface area contributed by atoms with E-state index in [0.717, 1.165) is 0 Å². The molecule has 4 heteroatoms. The highest BCUT2D eigenvalue weighted by molar-refractivity contribution is 6.09. The van der Waals surface area contributed by atoms with E-state index in [1.807, 2.05) is 0 Å². The lowest BCUT2D eigenvalue weighted by atomic mass is 9.69. The third-order valence-corrected chi connectivity index (χ3v) is 3.49. The van der Waals surface area contributed by atoms with Gasteiger partial charge in [0.1, 0.15) is 22.8 Å². The van der Waals surface area contributed by atoms with Crippen LogP contribution in [0.25, 0.3) is 0 Å². The molecule has 0 heterocycles. The molecule has 1 aliphatic rings. The van der Waals surface area contributed by atoms with Crippen molar-refractivity contribution >= 4 is 17.3 Å². The van der Waals surface area contributed by atoms with E-state index >= 15 is 0 Å². The van der Waals surface area contributed by atoms with Crippen molar-refractivity contribution in [2.75, 3.05) is 13.7 Å². The first-order chi connectivity index (χ1) is 8.06. The van der Waals surface area contributed by atoms with Crippen LogP contribution in [0.15, 0.2) is 0 Å². The second-order valence-corrected chi connectivity index (χ2v) is 4.61. The van der Waals surface area contributed by atoms with Crippen molar-refractivity contribution in [3.63, 3.8) is 0 Å². The van der Waals surface area contributed by atoms with Gasteiger partial charge in [0, 0.05) is 32.8 Å². The van der Waals surface area contributed by atoms with E-state index in [4.69, 9.17) is 4.74 Å². The minimum Gasteiger partial charge on any atom is -0.383 e. The number of methoxy groups -OCH3 is 1. The van der Waals surface area contributed by atoms with Gasteiger partial charge in [-0.2, -0.15) is 0 Å². The molecule has 1 saturated carbocycles. The number of carbonyl (C=O) groups excluding carboxylic acids is 3. The van der Waals surface area contributed by atoms with E-state index in [-0.39, 0.29) is 30.4 Å². The zero-order chi connectivity index (χ0) is 12.9. The van der Waals surface area contributed by atoms with E-state index in [1.54, 1.807) is 6.92 Å². The summed E-state index contributed by atoms with van der Waals surface area (Å²) in [6.07, 6.45) is 2.53. The van der Waals surface area contributed by atoms with Gasteiger partial charge in [0.2, 0.25) is 0 Å². The van der Waals surface area contributed by atoms with Crippen LogP contribution in [0.5, 0.6) is 0 Å². The normalized spacial score (nSPS) is 19.4. The first-order valence-electron chi connectivity index (χ1n) is 6.14. The lowest BCUT2D eigenvalue weighted by Gasteiger charge is -2.33. The van der Waals surface area contributed by atoms with Gasteiger partial charge in [-0.05, 0) is 12.8 Å². The molecule has 17 heavy (non-hydrogen) atoms. The Balaban J connectivity index is 2.82. The first kappa shape index (κ1) is 14.0. The Bertz CT molecular complexity index is 303. The molecule has 0 amide bonds. The third kappa shape index (κ3) is 3.00. The van der Waals surface area contributed by atoms with Crippen molar-refractivity contribution in [2.45, 2.75) is 45.4 Å². The number of hydrogen-bond acceptors (Lipinski definition) is 4. The van der Waals surface area contributed by atoms with Gasteiger partial charge in [0.15, 0.2) is 0 Å². The molecule has 0 bridgehead atoms. The molecule has 96 valence electrons. The Morgan fingerprint density at radius 3 is 2.35 bits per heavy atom. The second-order valence-electron chi connectivity index (χ2n) is 4.61. The average molecular weight is 240 g/mol. The topological polar surface area (TPSA) is 60.4 Å². The summed E-state index contributed by atoms with van der Waals surface area (Å²) in [5.74, 6) is -0.0225. The molecule has 0 radical (unpaired) electrons. The molecule has 0 spiro atoms. The van der Waals surface area contributed by atoms with Crippen molar-refractivity contribution in [3.8, 4) is 0 Å². The van der Waals surface area contributed by atoms with E-state index < -0.39 is 5.41 Å². The van der Waals surface area contributed by atoms with Gasteiger partial charge in [-0.3, -0.25) is 14.4 Å². The number of ketones is 3. The fourth-order valence-corrected chi connectivity index (χ4v) is 2.33. The summed E-state index contributed by atoms with van der Waals surface area (Å²) in [5.41, 5.74) is -1.04. The second kappa shape index (κ2) is 6.05. The lowest BCUT2D eigenvalue weighted by molar-refractivity contribution is -0.148. The van der Waals surface area contributed by atoms with Crippen molar-refractivity contribution in [1.82, 2.24) is 0 Å². The molecule has 4 nitrogen and oxygen atoms in total. The zero-order valence-corrected chi connectivity index (χ0v) is 10.6. The molecular formula is C13H20O4.